The summed E-state index contributed by atoms with van der Waals surface area (Å²) in [4.78, 5) is 11.7. The van der Waals surface area contributed by atoms with Crippen LogP contribution < -0.4 is 15.4 Å². The highest BCUT2D eigenvalue weighted by Gasteiger charge is 2.15. The highest BCUT2D eigenvalue weighted by molar-refractivity contribution is 5.73. The maximum atomic E-state index is 11.7. The van der Waals surface area contributed by atoms with Crippen molar-refractivity contribution in [2.75, 3.05) is 20.2 Å². The minimum absolute atomic E-state index is 0.0632. The Hall–Kier alpha value is -1.71. The summed E-state index contributed by atoms with van der Waals surface area (Å²) in [6.07, 6.45) is 5.90. The van der Waals surface area contributed by atoms with E-state index in [0.29, 0.717) is 12.5 Å². The molecule has 0 spiro atoms. The number of hydrogen-bond acceptors (Lipinski definition) is 2. The van der Waals surface area contributed by atoms with Gasteiger partial charge in [-0.25, -0.2) is 4.79 Å². The zero-order valence-electron chi connectivity index (χ0n) is 12.2. The Labute approximate surface area is 120 Å². The van der Waals surface area contributed by atoms with Gasteiger partial charge in [-0.2, -0.15) is 0 Å². The summed E-state index contributed by atoms with van der Waals surface area (Å²) in [5, 5.41) is 5.86. The van der Waals surface area contributed by atoms with Crippen molar-refractivity contribution in [2.24, 2.45) is 5.92 Å². The number of carbonyl (C=O) groups excluding carboxylic acids is 1. The average molecular weight is 276 g/mol. The van der Waals surface area contributed by atoms with Crippen molar-refractivity contribution in [1.29, 1.82) is 0 Å². The molecule has 0 radical (unpaired) electrons. The van der Waals surface area contributed by atoms with E-state index >= 15 is 0 Å². The lowest BCUT2D eigenvalue weighted by Gasteiger charge is -2.12. The summed E-state index contributed by atoms with van der Waals surface area (Å²) in [5.41, 5.74) is 1.12. The lowest BCUT2D eigenvalue weighted by molar-refractivity contribution is 0.239. The molecule has 2 rings (SSSR count). The molecule has 0 aromatic heterocycles. The summed E-state index contributed by atoms with van der Waals surface area (Å²) in [6, 6.07) is 7.83. The average Bonchev–Trinajstić information content (AvgIpc) is 2.99. The van der Waals surface area contributed by atoms with Crippen molar-refractivity contribution in [3.8, 4) is 5.75 Å². The number of benzene rings is 1. The standard InChI is InChI=1S/C16H24N2O2/c1-20-15-9-5-4-8-14(15)10-11-17-16(19)18-12-13-6-2-3-7-13/h4-5,8-9,13H,2-3,6-7,10-12H2,1H3,(H2,17,18,19). The predicted molar refractivity (Wildman–Crippen MR) is 80.1 cm³/mol. The second-order valence-electron chi connectivity index (χ2n) is 5.35. The molecule has 20 heavy (non-hydrogen) atoms. The van der Waals surface area contributed by atoms with Gasteiger partial charge in [-0.05, 0) is 36.8 Å². The van der Waals surface area contributed by atoms with Crippen molar-refractivity contribution in [1.82, 2.24) is 10.6 Å². The van der Waals surface area contributed by atoms with Crippen LogP contribution in [0.15, 0.2) is 24.3 Å². The molecule has 1 aliphatic rings. The normalized spacial score (nSPS) is 15.1. The van der Waals surface area contributed by atoms with Gasteiger partial charge in [0.05, 0.1) is 7.11 Å². The molecule has 0 unspecified atom stereocenters. The van der Waals surface area contributed by atoms with Crippen LogP contribution >= 0.6 is 0 Å². The van der Waals surface area contributed by atoms with E-state index < -0.39 is 0 Å². The van der Waals surface area contributed by atoms with E-state index in [9.17, 15) is 4.79 Å². The molecule has 0 bridgehead atoms. The number of rotatable bonds is 6. The Kier molecular flexibility index (Phi) is 5.71. The fourth-order valence-electron chi connectivity index (χ4n) is 2.73. The topological polar surface area (TPSA) is 50.4 Å². The van der Waals surface area contributed by atoms with Crippen LogP contribution in [0.3, 0.4) is 0 Å². The Morgan fingerprint density at radius 2 is 2.00 bits per heavy atom. The number of hydrogen-bond donors (Lipinski definition) is 2. The van der Waals surface area contributed by atoms with Crippen molar-refractivity contribution < 1.29 is 9.53 Å². The van der Waals surface area contributed by atoms with Crippen LogP contribution in [0.4, 0.5) is 4.79 Å². The Balaban J connectivity index is 1.65. The van der Waals surface area contributed by atoms with Crippen molar-refractivity contribution >= 4 is 6.03 Å². The minimum atomic E-state index is -0.0632. The van der Waals surface area contributed by atoms with E-state index in [-0.39, 0.29) is 6.03 Å². The van der Waals surface area contributed by atoms with Gasteiger partial charge in [0.15, 0.2) is 0 Å². The van der Waals surface area contributed by atoms with E-state index in [2.05, 4.69) is 10.6 Å². The molecule has 0 aliphatic heterocycles. The van der Waals surface area contributed by atoms with Crippen LogP contribution in [0.5, 0.6) is 5.75 Å². The second kappa shape index (κ2) is 7.78. The maximum Gasteiger partial charge on any atom is 0.314 e. The van der Waals surface area contributed by atoms with E-state index in [4.69, 9.17) is 4.74 Å². The van der Waals surface area contributed by atoms with Crippen LogP contribution in [0, 0.1) is 5.92 Å². The number of amides is 2. The molecule has 0 atom stereocenters. The highest BCUT2D eigenvalue weighted by Crippen LogP contribution is 2.23. The number of carbonyl (C=O) groups is 1. The molecule has 4 heteroatoms. The predicted octanol–water partition coefficient (Wildman–Crippen LogP) is 2.73. The molecule has 1 aromatic rings. The second-order valence-corrected chi connectivity index (χ2v) is 5.35. The van der Waals surface area contributed by atoms with Crippen LogP contribution in [0.25, 0.3) is 0 Å². The molecule has 1 saturated carbocycles. The zero-order valence-corrected chi connectivity index (χ0v) is 12.2. The van der Waals surface area contributed by atoms with Gasteiger partial charge in [-0.15, -0.1) is 0 Å². The monoisotopic (exact) mass is 276 g/mol. The first-order valence-electron chi connectivity index (χ1n) is 7.43. The van der Waals surface area contributed by atoms with Crippen LogP contribution in [-0.2, 0) is 6.42 Å². The molecule has 110 valence electrons. The van der Waals surface area contributed by atoms with E-state index in [1.54, 1.807) is 7.11 Å². The number of urea groups is 1. The van der Waals surface area contributed by atoms with Crippen LogP contribution in [-0.4, -0.2) is 26.2 Å². The van der Waals surface area contributed by atoms with Gasteiger partial charge in [0.25, 0.3) is 0 Å². The lowest BCUT2D eigenvalue weighted by atomic mass is 10.1. The number of methoxy groups -OCH3 is 1. The number of para-hydroxylation sites is 1. The first-order valence-corrected chi connectivity index (χ1v) is 7.43. The third-order valence-corrected chi connectivity index (χ3v) is 3.90. The third-order valence-electron chi connectivity index (χ3n) is 3.90. The molecule has 2 N–H and O–H groups in total. The van der Waals surface area contributed by atoms with Crippen molar-refractivity contribution in [3.63, 3.8) is 0 Å². The summed E-state index contributed by atoms with van der Waals surface area (Å²) in [6.45, 7) is 1.43. The van der Waals surface area contributed by atoms with E-state index in [1.165, 1.54) is 25.7 Å². The first kappa shape index (κ1) is 14.7. The maximum absolute atomic E-state index is 11.7. The van der Waals surface area contributed by atoms with Crippen LogP contribution in [0.1, 0.15) is 31.2 Å². The Morgan fingerprint density at radius 1 is 1.25 bits per heavy atom. The van der Waals surface area contributed by atoms with Gasteiger partial charge in [-0.1, -0.05) is 31.0 Å². The van der Waals surface area contributed by atoms with Crippen LogP contribution in [0.2, 0.25) is 0 Å². The molecule has 1 aromatic carbocycles. The van der Waals surface area contributed by atoms with E-state index in [0.717, 1.165) is 24.3 Å². The van der Waals surface area contributed by atoms with Gasteiger partial charge in [-0.3, -0.25) is 0 Å². The molecule has 4 nitrogen and oxygen atoms in total. The summed E-state index contributed by atoms with van der Waals surface area (Å²) < 4.78 is 5.29. The van der Waals surface area contributed by atoms with Gasteiger partial charge in [0, 0.05) is 13.1 Å². The number of nitrogens with one attached hydrogen (secondary N) is 2. The summed E-state index contributed by atoms with van der Waals surface area (Å²) >= 11 is 0. The molecule has 1 fully saturated rings. The Morgan fingerprint density at radius 3 is 2.75 bits per heavy atom. The van der Waals surface area contributed by atoms with Crippen molar-refractivity contribution in [2.45, 2.75) is 32.1 Å². The molecular weight excluding hydrogens is 252 g/mol. The SMILES string of the molecule is COc1ccccc1CCNC(=O)NCC1CCCC1. The first-order chi connectivity index (χ1) is 9.79. The molecule has 2 amide bonds. The van der Waals surface area contributed by atoms with Gasteiger partial charge in [0.2, 0.25) is 0 Å². The fraction of sp³-hybridized carbons (Fsp3) is 0.562. The fourth-order valence-corrected chi connectivity index (χ4v) is 2.73. The Bertz CT molecular complexity index is 428. The third kappa shape index (κ3) is 4.44. The molecular formula is C16H24N2O2. The lowest BCUT2D eigenvalue weighted by Crippen LogP contribution is -2.38. The molecule has 1 aliphatic carbocycles. The molecule has 0 saturated heterocycles. The highest BCUT2D eigenvalue weighted by atomic mass is 16.5. The van der Waals surface area contributed by atoms with E-state index in [1.807, 2.05) is 24.3 Å². The van der Waals surface area contributed by atoms with Crippen molar-refractivity contribution in [3.05, 3.63) is 29.8 Å². The number of ether oxygens (including phenoxy) is 1. The summed E-state index contributed by atoms with van der Waals surface area (Å²) in [7, 11) is 1.67. The smallest absolute Gasteiger partial charge is 0.314 e. The minimum Gasteiger partial charge on any atom is -0.496 e. The molecule has 0 heterocycles. The quantitative estimate of drug-likeness (QED) is 0.839. The zero-order chi connectivity index (χ0) is 14.2. The largest absolute Gasteiger partial charge is 0.496 e. The van der Waals surface area contributed by atoms with Gasteiger partial charge >= 0.3 is 6.03 Å². The van der Waals surface area contributed by atoms with Gasteiger partial charge in [0.1, 0.15) is 5.75 Å². The summed E-state index contributed by atoms with van der Waals surface area (Å²) in [5.74, 6) is 1.55. The van der Waals surface area contributed by atoms with Gasteiger partial charge < -0.3 is 15.4 Å².